The number of hydrogen-bond acceptors (Lipinski definition) is 2. The summed E-state index contributed by atoms with van der Waals surface area (Å²) in [7, 11) is 0. The van der Waals surface area contributed by atoms with E-state index in [9.17, 15) is 4.79 Å². The van der Waals surface area contributed by atoms with E-state index < -0.39 is 5.97 Å². The van der Waals surface area contributed by atoms with Gasteiger partial charge in [0.05, 0.1) is 5.56 Å². The van der Waals surface area contributed by atoms with Crippen LogP contribution in [0.25, 0.3) is 10.4 Å². The molecule has 15 heavy (non-hydrogen) atoms. The molecule has 2 nitrogen and oxygen atoms in total. The molecule has 2 aromatic rings. The summed E-state index contributed by atoms with van der Waals surface area (Å²) in [5.74, 6) is -0.903. The molecule has 0 aliphatic carbocycles. The minimum Gasteiger partial charge on any atom is -0.478 e. The van der Waals surface area contributed by atoms with Crippen molar-refractivity contribution in [2.45, 2.75) is 0 Å². The Balaban J connectivity index is 2.41. The fourth-order valence-electron chi connectivity index (χ4n) is 1.24. The van der Waals surface area contributed by atoms with Gasteiger partial charge in [0.2, 0.25) is 0 Å². The Morgan fingerprint density at radius 2 is 2.13 bits per heavy atom. The van der Waals surface area contributed by atoms with Gasteiger partial charge in [-0.3, -0.25) is 0 Å². The SMILES string of the molecule is O=C(O)c1csc(-c2cccc(Cl)c2)c1. The molecule has 2 rings (SSSR count). The maximum atomic E-state index is 10.7. The molecular formula is C11H7ClO2S. The van der Waals surface area contributed by atoms with Crippen LogP contribution in [0.3, 0.4) is 0 Å². The molecule has 0 atom stereocenters. The van der Waals surface area contributed by atoms with E-state index in [0.717, 1.165) is 10.4 Å². The summed E-state index contributed by atoms with van der Waals surface area (Å²) >= 11 is 7.25. The predicted molar refractivity (Wildman–Crippen MR) is 61.7 cm³/mol. The number of carbonyl (C=O) groups is 1. The van der Waals surface area contributed by atoms with Gasteiger partial charge in [-0.1, -0.05) is 23.7 Å². The van der Waals surface area contributed by atoms with Gasteiger partial charge in [-0.2, -0.15) is 0 Å². The third-order valence-corrected chi connectivity index (χ3v) is 3.17. The number of hydrogen-bond donors (Lipinski definition) is 1. The molecule has 0 saturated heterocycles. The van der Waals surface area contributed by atoms with Crippen molar-refractivity contribution in [2.24, 2.45) is 0 Å². The smallest absolute Gasteiger partial charge is 0.336 e. The Labute approximate surface area is 95.8 Å². The van der Waals surface area contributed by atoms with Crippen LogP contribution >= 0.6 is 22.9 Å². The summed E-state index contributed by atoms with van der Waals surface area (Å²) in [5, 5.41) is 11.1. The first-order valence-electron chi connectivity index (χ1n) is 4.24. The molecule has 0 radical (unpaired) electrons. The Bertz CT molecular complexity index is 505. The van der Waals surface area contributed by atoms with Crippen LogP contribution in [0.5, 0.6) is 0 Å². The fourth-order valence-corrected chi connectivity index (χ4v) is 2.31. The molecule has 0 fully saturated rings. The highest BCUT2D eigenvalue weighted by Gasteiger charge is 2.07. The van der Waals surface area contributed by atoms with Gasteiger partial charge in [0.25, 0.3) is 0 Å². The van der Waals surface area contributed by atoms with E-state index in [2.05, 4.69) is 0 Å². The van der Waals surface area contributed by atoms with Gasteiger partial charge in [0.1, 0.15) is 0 Å². The van der Waals surface area contributed by atoms with E-state index in [1.165, 1.54) is 11.3 Å². The monoisotopic (exact) mass is 238 g/mol. The summed E-state index contributed by atoms with van der Waals surface area (Å²) in [5.41, 5.74) is 1.26. The maximum absolute atomic E-state index is 10.7. The van der Waals surface area contributed by atoms with Gasteiger partial charge < -0.3 is 5.11 Å². The highest BCUT2D eigenvalue weighted by atomic mass is 35.5. The van der Waals surface area contributed by atoms with E-state index in [1.54, 1.807) is 17.5 Å². The standard InChI is InChI=1S/C11H7ClO2S/c12-9-3-1-2-7(4-9)10-5-8(6-15-10)11(13)14/h1-6H,(H,13,14). The van der Waals surface area contributed by atoms with E-state index in [4.69, 9.17) is 16.7 Å². The minimum atomic E-state index is -0.903. The largest absolute Gasteiger partial charge is 0.478 e. The summed E-state index contributed by atoms with van der Waals surface area (Å²) < 4.78 is 0. The van der Waals surface area contributed by atoms with Crippen molar-refractivity contribution in [2.75, 3.05) is 0 Å². The zero-order chi connectivity index (χ0) is 10.8. The number of benzene rings is 1. The lowest BCUT2D eigenvalue weighted by atomic mass is 10.2. The second-order valence-corrected chi connectivity index (χ2v) is 4.36. The van der Waals surface area contributed by atoms with Crippen LogP contribution in [0.1, 0.15) is 10.4 Å². The highest BCUT2D eigenvalue weighted by Crippen LogP contribution is 2.28. The Morgan fingerprint density at radius 3 is 2.73 bits per heavy atom. The van der Waals surface area contributed by atoms with E-state index in [0.29, 0.717) is 10.6 Å². The first-order valence-corrected chi connectivity index (χ1v) is 5.50. The molecule has 1 N–H and O–H groups in total. The van der Waals surface area contributed by atoms with Gasteiger partial charge in [0, 0.05) is 15.3 Å². The lowest BCUT2D eigenvalue weighted by Gasteiger charge is -1.96. The van der Waals surface area contributed by atoms with Gasteiger partial charge in [-0.15, -0.1) is 11.3 Å². The summed E-state index contributed by atoms with van der Waals surface area (Å²) in [6.45, 7) is 0. The Kier molecular flexibility index (Phi) is 2.75. The molecule has 1 aromatic carbocycles. The second kappa shape index (κ2) is 4.04. The first-order chi connectivity index (χ1) is 7.16. The molecular weight excluding hydrogens is 232 g/mol. The predicted octanol–water partition coefficient (Wildman–Crippen LogP) is 3.77. The number of rotatable bonds is 2. The number of aromatic carboxylic acids is 1. The lowest BCUT2D eigenvalue weighted by molar-refractivity contribution is 0.0697. The number of carboxylic acid groups (broad SMARTS) is 1. The first kappa shape index (κ1) is 10.2. The van der Waals surface area contributed by atoms with Gasteiger partial charge in [-0.05, 0) is 23.8 Å². The normalized spacial score (nSPS) is 10.2. The number of thiophene rings is 1. The van der Waals surface area contributed by atoms with Gasteiger partial charge in [0.15, 0.2) is 0 Å². The van der Waals surface area contributed by atoms with E-state index in [-0.39, 0.29) is 0 Å². The molecule has 1 heterocycles. The van der Waals surface area contributed by atoms with Crippen LogP contribution in [-0.4, -0.2) is 11.1 Å². The molecule has 0 aliphatic heterocycles. The molecule has 0 saturated carbocycles. The average molecular weight is 239 g/mol. The third kappa shape index (κ3) is 2.19. The number of carboxylic acids is 1. The van der Waals surface area contributed by atoms with Crippen molar-refractivity contribution in [3.05, 3.63) is 46.3 Å². The summed E-state index contributed by atoms with van der Waals surface area (Å²) in [6.07, 6.45) is 0. The fraction of sp³-hybridized carbons (Fsp3) is 0. The Hall–Kier alpha value is -1.32. The minimum absolute atomic E-state index is 0.315. The molecule has 0 aliphatic rings. The highest BCUT2D eigenvalue weighted by molar-refractivity contribution is 7.13. The van der Waals surface area contributed by atoms with Crippen molar-refractivity contribution >= 4 is 28.9 Å². The second-order valence-electron chi connectivity index (χ2n) is 3.02. The lowest BCUT2D eigenvalue weighted by Crippen LogP contribution is -1.91. The zero-order valence-corrected chi connectivity index (χ0v) is 9.18. The third-order valence-electron chi connectivity index (χ3n) is 1.96. The Morgan fingerprint density at radius 1 is 1.33 bits per heavy atom. The van der Waals surface area contributed by atoms with Crippen LogP contribution in [-0.2, 0) is 0 Å². The molecule has 1 aromatic heterocycles. The van der Waals surface area contributed by atoms with Crippen molar-refractivity contribution in [3.63, 3.8) is 0 Å². The van der Waals surface area contributed by atoms with Gasteiger partial charge >= 0.3 is 5.97 Å². The quantitative estimate of drug-likeness (QED) is 0.865. The van der Waals surface area contributed by atoms with Crippen LogP contribution in [0.4, 0.5) is 0 Å². The van der Waals surface area contributed by atoms with Crippen molar-refractivity contribution in [1.82, 2.24) is 0 Å². The molecule has 4 heteroatoms. The maximum Gasteiger partial charge on any atom is 0.336 e. The van der Waals surface area contributed by atoms with Crippen LogP contribution < -0.4 is 0 Å². The van der Waals surface area contributed by atoms with Crippen molar-refractivity contribution < 1.29 is 9.90 Å². The van der Waals surface area contributed by atoms with Crippen LogP contribution in [0, 0.1) is 0 Å². The van der Waals surface area contributed by atoms with Crippen molar-refractivity contribution in [3.8, 4) is 10.4 Å². The van der Waals surface area contributed by atoms with Gasteiger partial charge in [-0.25, -0.2) is 4.79 Å². The summed E-state index contributed by atoms with van der Waals surface area (Å²) in [4.78, 5) is 11.6. The summed E-state index contributed by atoms with van der Waals surface area (Å²) in [6, 6.07) is 9.01. The van der Waals surface area contributed by atoms with Crippen molar-refractivity contribution in [1.29, 1.82) is 0 Å². The average Bonchev–Trinajstić information content (AvgIpc) is 2.66. The van der Waals surface area contributed by atoms with Crippen LogP contribution in [0.15, 0.2) is 35.7 Å². The molecule has 0 amide bonds. The van der Waals surface area contributed by atoms with Crippen LogP contribution in [0.2, 0.25) is 5.02 Å². The van der Waals surface area contributed by atoms with E-state index >= 15 is 0 Å². The number of halogens is 1. The molecule has 0 spiro atoms. The topological polar surface area (TPSA) is 37.3 Å². The molecule has 0 unspecified atom stereocenters. The van der Waals surface area contributed by atoms with E-state index in [1.807, 2.05) is 18.2 Å². The molecule has 0 bridgehead atoms. The zero-order valence-electron chi connectivity index (χ0n) is 7.61. The molecule has 76 valence electrons.